The van der Waals surface area contributed by atoms with Crippen LogP contribution in [-0.2, 0) is 16.4 Å². The minimum Gasteiger partial charge on any atom is -0.361 e. The highest BCUT2D eigenvalue weighted by Gasteiger charge is 2.22. The molecule has 0 spiro atoms. The fourth-order valence-electron chi connectivity index (χ4n) is 3.23. The number of fused-ring (bicyclic) bond motifs is 2. The maximum Gasteiger partial charge on any atom is 0.271 e. The summed E-state index contributed by atoms with van der Waals surface area (Å²) in [6.07, 6.45) is 2.64. The van der Waals surface area contributed by atoms with Crippen molar-refractivity contribution in [3.05, 3.63) is 58.7 Å². The van der Waals surface area contributed by atoms with Gasteiger partial charge < -0.3 is 10.7 Å². The van der Waals surface area contributed by atoms with Gasteiger partial charge in [0.1, 0.15) is 4.21 Å². The van der Waals surface area contributed by atoms with E-state index in [2.05, 4.69) is 9.71 Å². The number of benzene rings is 2. The Bertz CT molecular complexity index is 1260. The molecule has 0 aliphatic heterocycles. The van der Waals surface area contributed by atoms with E-state index < -0.39 is 10.0 Å². The predicted octanol–water partition coefficient (Wildman–Crippen LogP) is 4.65. The molecule has 2 aromatic heterocycles. The highest BCUT2D eigenvalue weighted by atomic mass is 35.5. The number of rotatable bonds is 5. The molecular weight excluding hydrogens is 402 g/mol. The molecule has 0 unspecified atom stereocenters. The topological polar surface area (TPSA) is 88.0 Å². The Balaban J connectivity index is 1.74. The monoisotopic (exact) mass is 419 g/mol. The highest BCUT2D eigenvalue weighted by Crippen LogP contribution is 2.36. The van der Waals surface area contributed by atoms with Gasteiger partial charge in [-0.05, 0) is 72.8 Å². The zero-order valence-corrected chi connectivity index (χ0v) is 16.9. The molecule has 0 aliphatic rings. The maximum atomic E-state index is 13.0. The SMILES string of the molecule is Cc1c(S(=O)(=O)Nc2ccc3[nH]cc(CCN)c3c2)sc2ccc(Cl)cc12. The largest absolute Gasteiger partial charge is 0.361 e. The van der Waals surface area contributed by atoms with Crippen LogP contribution in [0.15, 0.2) is 46.8 Å². The summed E-state index contributed by atoms with van der Waals surface area (Å²) >= 11 is 7.30. The Hall–Kier alpha value is -2.06. The minimum atomic E-state index is -3.71. The number of hydrogen-bond acceptors (Lipinski definition) is 4. The first-order valence-electron chi connectivity index (χ1n) is 8.40. The maximum absolute atomic E-state index is 13.0. The van der Waals surface area contributed by atoms with Crippen LogP contribution in [0.4, 0.5) is 5.69 Å². The third-order valence-electron chi connectivity index (χ3n) is 4.53. The number of H-pyrrole nitrogens is 1. The van der Waals surface area contributed by atoms with Crippen molar-refractivity contribution in [2.75, 3.05) is 11.3 Å². The first-order chi connectivity index (χ1) is 12.9. The average molecular weight is 420 g/mol. The quantitative estimate of drug-likeness (QED) is 0.440. The van der Waals surface area contributed by atoms with Crippen LogP contribution < -0.4 is 10.5 Å². The van der Waals surface area contributed by atoms with Gasteiger partial charge in [-0.15, -0.1) is 11.3 Å². The van der Waals surface area contributed by atoms with Gasteiger partial charge in [0.2, 0.25) is 0 Å². The van der Waals surface area contributed by atoms with Crippen LogP contribution in [-0.4, -0.2) is 19.9 Å². The Morgan fingerprint density at radius 2 is 2.00 bits per heavy atom. The predicted molar refractivity (Wildman–Crippen MR) is 113 cm³/mol. The molecule has 0 saturated heterocycles. The van der Waals surface area contributed by atoms with Crippen molar-refractivity contribution in [3.8, 4) is 0 Å². The first-order valence-corrected chi connectivity index (χ1v) is 11.1. The van der Waals surface area contributed by atoms with Crippen LogP contribution in [0.3, 0.4) is 0 Å². The number of aryl methyl sites for hydroxylation is 1. The van der Waals surface area contributed by atoms with E-state index in [0.717, 1.165) is 33.0 Å². The molecule has 4 rings (SSSR count). The second kappa shape index (κ2) is 6.83. The number of aromatic nitrogens is 1. The number of sulfonamides is 1. The van der Waals surface area contributed by atoms with Crippen LogP contribution >= 0.6 is 22.9 Å². The molecule has 4 N–H and O–H groups in total. The van der Waals surface area contributed by atoms with Gasteiger partial charge >= 0.3 is 0 Å². The van der Waals surface area contributed by atoms with E-state index >= 15 is 0 Å². The smallest absolute Gasteiger partial charge is 0.271 e. The van der Waals surface area contributed by atoms with Crippen LogP contribution in [0.5, 0.6) is 0 Å². The van der Waals surface area contributed by atoms with Gasteiger partial charge in [0.15, 0.2) is 0 Å². The Kier molecular flexibility index (Phi) is 4.63. The third-order valence-corrected chi connectivity index (χ3v) is 8.04. The fourth-order valence-corrected chi connectivity index (χ4v) is 6.20. The summed E-state index contributed by atoms with van der Waals surface area (Å²) < 4.78 is 29.9. The molecule has 140 valence electrons. The van der Waals surface area contributed by atoms with Crippen LogP contribution in [0.25, 0.3) is 21.0 Å². The highest BCUT2D eigenvalue weighted by molar-refractivity contribution is 7.94. The Labute approximate surface area is 166 Å². The summed E-state index contributed by atoms with van der Waals surface area (Å²) in [6.45, 7) is 2.34. The number of anilines is 1. The van der Waals surface area contributed by atoms with Crippen molar-refractivity contribution in [1.82, 2.24) is 4.98 Å². The van der Waals surface area contributed by atoms with E-state index in [0.29, 0.717) is 27.0 Å². The molecule has 0 saturated carbocycles. The van der Waals surface area contributed by atoms with Crippen molar-refractivity contribution in [2.45, 2.75) is 17.6 Å². The minimum absolute atomic E-state index is 0.302. The zero-order valence-electron chi connectivity index (χ0n) is 14.5. The molecule has 0 fully saturated rings. The summed E-state index contributed by atoms with van der Waals surface area (Å²) in [5, 5.41) is 2.42. The summed E-state index contributed by atoms with van der Waals surface area (Å²) in [7, 11) is -3.71. The Morgan fingerprint density at radius 3 is 2.78 bits per heavy atom. The number of hydrogen-bond donors (Lipinski definition) is 3. The lowest BCUT2D eigenvalue weighted by Gasteiger charge is -2.08. The zero-order chi connectivity index (χ0) is 19.2. The molecule has 0 amide bonds. The van der Waals surface area contributed by atoms with Crippen molar-refractivity contribution >= 4 is 59.6 Å². The lowest BCUT2D eigenvalue weighted by molar-refractivity contribution is 0.603. The Morgan fingerprint density at radius 1 is 1.19 bits per heavy atom. The van der Waals surface area contributed by atoms with Gasteiger partial charge in [0, 0.05) is 32.5 Å². The van der Waals surface area contributed by atoms with E-state index in [1.807, 2.05) is 24.4 Å². The summed E-state index contributed by atoms with van der Waals surface area (Å²) in [6, 6.07) is 10.9. The number of thiophene rings is 1. The second-order valence-corrected chi connectivity index (χ2v) is 9.74. The molecule has 0 aliphatic carbocycles. The molecule has 2 heterocycles. The van der Waals surface area contributed by atoms with E-state index in [1.54, 1.807) is 25.1 Å². The van der Waals surface area contributed by atoms with Crippen molar-refractivity contribution in [3.63, 3.8) is 0 Å². The van der Waals surface area contributed by atoms with E-state index in [-0.39, 0.29) is 0 Å². The van der Waals surface area contributed by atoms with E-state index in [9.17, 15) is 8.42 Å². The van der Waals surface area contributed by atoms with Crippen molar-refractivity contribution in [1.29, 1.82) is 0 Å². The molecular formula is C19H18ClN3O2S2. The fraction of sp³-hybridized carbons (Fsp3) is 0.158. The second-order valence-electron chi connectivity index (χ2n) is 6.37. The molecule has 5 nitrogen and oxygen atoms in total. The normalized spacial score (nSPS) is 12.1. The van der Waals surface area contributed by atoms with Gasteiger partial charge in [0.25, 0.3) is 10.0 Å². The van der Waals surface area contributed by atoms with E-state index in [4.69, 9.17) is 17.3 Å². The van der Waals surface area contributed by atoms with Crippen LogP contribution in [0, 0.1) is 6.92 Å². The summed E-state index contributed by atoms with van der Waals surface area (Å²) in [5.41, 5.74) is 8.91. The lowest BCUT2D eigenvalue weighted by atomic mass is 10.1. The van der Waals surface area contributed by atoms with Crippen LogP contribution in [0.1, 0.15) is 11.1 Å². The lowest BCUT2D eigenvalue weighted by Crippen LogP contribution is -2.12. The third kappa shape index (κ3) is 3.32. The van der Waals surface area contributed by atoms with Gasteiger partial charge in [-0.25, -0.2) is 8.42 Å². The number of nitrogens with one attached hydrogen (secondary N) is 2. The van der Waals surface area contributed by atoms with Gasteiger partial charge in [0.05, 0.1) is 0 Å². The van der Waals surface area contributed by atoms with Crippen molar-refractivity contribution in [2.24, 2.45) is 5.73 Å². The van der Waals surface area contributed by atoms with Gasteiger partial charge in [-0.1, -0.05) is 11.6 Å². The van der Waals surface area contributed by atoms with E-state index in [1.165, 1.54) is 11.3 Å². The standard InChI is InChI=1S/C19H18ClN3O2S2/c1-11-15-8-13(20)2-5-18(15)26-19(11)27(24,25)23-14-3-4-17-16(9-14)12(6-7-21)10-22-17/h2-5,8-10,22-23H,6-7,21H2,1H3. The summed E-state index contributed by atoms with van der Waals surface area (Å²) in [4.78, 5) is 3.18. The molecule has 4 aromatic rings. The summed E-state index contributed by atoms with van der Waals surface area (Å²) in [5.74, 6) is 0. The molecule has 0 atom stereocenters. The molecule has 27 heavy (non-hydrogen) atoms. The van der Waals surface area contributed by atoms with Gasteiger partial charge in [-0.3, -0.25) is 4.72 Å². The molecule has 0 bridgehead atoms. The first kappa shape index (κ1) is 18.3. The molecule has 2 aromatic carbocycles. The number of nitrogens with two attached hydrogens (primary N) is 1. The molecule has 8 heteroatoms. The number of aromatic amines is 1. The van der Waals surface area contributed by atoms with Gasteiger partial charge in [-0.2, -0.15) is 0 Å². The molecule has 0 radical (unpaired) electrons. The van der Waals surface area contributed by atoms with Crippen LogP contribution in [0.2, 0.25) is 5.02 Å². The number of halogens is 1. The average Bonchev–Trinajstić information content (AvgIpc) is 3.17. The van der Waals surface area contributed by atoms with Crippen molar-refractivity contribution < 1.29 is 8.42 Å².